The molecule has 0 bridgehead atoms. The SMILES string of the molecule is O=C(c1ccc[nH]1)c1cc2ccccc2o1. The minimum Gasteiger partial charge on any atom is -0.453 e. The average molecular weight is 211 g/mol. The lowest BCUT2D eigenvalue weighted by molar-refractivity contribution is 0.101. The third-order valence-electron chi connectivity index (χ3n) is 2.49. The number of H-pyrrole nitrogens is 1. The molecule has 16 heavy (non-hydrogen) atoms. The molecule has 1 N–H and O–H groups in total. The van der Waals surface area contributed by atoms with Crippen LogP contribution in [0.3, 0.4) is 0 Å². The number of furan rings is 1. The van der Waals surface area contributed by atoms with E-state index in [0.29, 0.717) is 11.5 Å². The zero-order chi connectivity index (χ0) is 11.0. The molecule has 0 spiro atoms. The normalized spacial score (nSPS) is 10.8. The van der Waals surface area contributed by atoms with E-state index in [0.717, 1.165) is 11.0 Å². The highest BCUT2D eigenvalue weighted by atomic mass is 16.3. The van der Waals surface area contributed by atoms with Crippen molar-refractivity contribution in [3.63, 3.8) is 0 Å². The number of aromatic amines is 1. The number of carbonyl (C=O) groups excluding carboxylic acids is 1. The van der Waals surface area contributed by atoms with Crippen LogP contribution in [0.25, 0.3) is 11.0 Å². The molecular formula is C13H9NO2. The quantitative estimate of drug-likeness (QED) is 0.662. The Balaban J connectivity index is 2.10. The molecule has 3 rings (SSSR count). The van der Waals surface area contributed by atoms with Gasteiger partial charge in [-0.2, -0.15) is 0 Å². The summed E-state index contributed by atoms with van der Waals surface area (Å²) in [5.74, 6) is 0.241. The maximum Gasteiger partial charge on any atom is 0.244 e. The number of para-hydroxylation sites is 1. The van der Waals surface area contributed by atoms with Gasteiger partial charge in [-0.15, -0.1) is 0 Å². The molecule has 3 heteroatoms. The first kappa shape index (κ1) is 8.97. The van der Waals surface area contributed by atoms with Crippen LogP contribution in [0, 0.1) is 0 Å². The van der Waals surface area contributed by atoms with Crippen molar-refractivity contribution in [3.05, 3.63) is 60.1 Å². The molecule has 0 saturated carbocycles. The zero-order valence-electron chi connectivity index (χ0n) is 8.44. The van der Waals surface area contributed by atoms with E-state index in [2.05, 4.69) is 4.98 Å². The molecule has 0 aliphatic carbocycles. The smallest absolute Gasteiger partial charge is 0.244 e. The first-order valence-corrected chi connectivity index (χ1v) is 5.01. The van der Waals surface area contributed by atoms with Crippen LogP contribution in [-0.2, 0) is 0 Å². The Morgan fingerprint density at radius 1 is 1.12 bits per heavy atom. The average Bonchev–Trinajstić information content (AvgIpc) is 2.97. The first-order chi connectivity index (χ1) is 7.84. The maximum absolute atomic E-state index is 12.0. The van der Waals surface area contributed by atoms with Gasteiger partial charge in [0.05, 0.1) is 5.69 Å². The van der Waals surface area contributed by atoms with Crippen LogP contribution in [0.15, 0.2) is 53.1 Å². The van der Waals surface area contributed by atoms with Gasteiger partial charge < -0.3 is 9.40 Å². The monoisotopic (exact) mass is 211 g/mol. The number of carbonyl (C=O) groups is 1. The van der Waals surface area contributed by atoms with Crippen LogP contribution in [-0.4, -0.2) is 10.8 Å². The summed E-state index contributed by atoms with van der Waals surface area (Å²) in [5, 5.41) is 0.942. The Hall–Kier alpha value is -2.29. The highest BCUT2D eigenvalue weighted by Crippen LogP contribution is 2.20. The number of fused-ring (bicyclic) bond motifs is 1. The second kappa shape index (κ2) is 3.38. The first-order valence-electron chi connectivity index (χ1n) is 5.01. The topological polar surface area (TPSA) is 46.0 Å². The fourth-order valence-corrected chi connectivity index (χ4v) is 1.70. The zero-order valence-corrected chi connectivity index (χ0v) is 8.44. The van der Waals surface area contributed by atoms with Crippen molar-refractivity contribution in [3.8, 4) is 0 Å². The lowest BCUT2D eigenvalue weighted by atomic mass is 10.2. The Kier molecular flexibility index (Phi) is 1.90. The lowest BCUT2D eigenvalue weighted by Crippen LogP contribution is -1.98. The van der Waals surface area contributed by atoms with Gasteiger partial charge in [-0.3, -0.25) is 4.79 Å². The molecule has 0 amide bonds. The molecule has 0 unspecified atom stereocenters. The number of rotatable bonds is 2. The minimum atomic E-state index is -0.124. The number of hydrogen-bond donors (Lipinski definition) is 1. The van der Waals surface area contributed by atoms with Crippen LogP contribution in [0.2, 0.25) is 0 Å². The third-order valence-corrected chi connectivity index (χ3v) is 2.49. The van der Waals surface area contributed by atoms with E-state index in [-0.39, 0.29) is 5.78 Å². The molecule has 0 radical (unpaired) electrons. The van der Waals surface area contributed by atoms with E-state index in [9.17, 15) is 4.79 Å². The number of benzene rings is 1. The Bertz CT molecular complexity index is 602. The number of aromatic nitrogens is 1. The fraction of sp³-hybridized carbons (Fsp3) is 0. The van der Waals surface area contributed by atoms with Crippen molar-refractivity contribution < 1.29 is 9.21 Å². The van der Waals surface area contributed by atoms with E-state index in [1.807, 2.05) is 24.3 Å². The van der Waals surface area contributed by atoms with Gasteiger partial charge in [0.25, 0.3) is 0 Å². The van der Waals surface area contributed by atoms with Crippen LogP contribution in [0.4, 0.5) is 0 Å². The van der Waals surface area contributed by atoms with E-state index in [1.54, 1.807) is 24.4 Å². The summed E-state index contributed by atoms with van der Waals surface area (Å²) < 4.78 is 5.48. The second-order valence-electron chi connectivity index (χ2n) is 3.56. The summed E-state index contributed by atoms with van der Waals surface area (Å²) in [4.78, 5) is 14.8. The van der Waals surface area contributed by atoms with E-state index < -0.39 is 0 Å². The van der Waals surface area contributed by atoms with Crippen molar-refractivity contribution in [1.82, 2.24) is 4.98 Å². The van der Waals surface area contributed by atoms with Gasteiger partial charge >= 0.3 is 0 Å². The molecule has 3 nitrogen and oxygen atoms in total. The predicted molar refractivity (Wildman–Crippen MR) is 60.4 cm³/mol. The van der Waals surface area contributed by atoms with Gasteiger partial charge in [0.2, 0.25) is 5.78 Å². The van der Waals surface area contributed by atoms with E-state index in [4.69, 9.17) is 4.42 Å². The predicted octanol–water partition coefficient (Wildman–Crippen LogP) is 2.99. The second-order valence-corrected chi connectivity index (χ2v) is 3.56. The molecule has 0 atom stereocenters. The Labute approximate surface area is 91.7 Å². The Morgan fingerprint density at radius 3 is 2.75 bits per heavy atom. The Morgan fingerprint density at radius 2 is 2.00 bits per heavy atom. The van der Waals surface area contributed by atoms with Gasteiger partial charge in [0.15, 0.2) is 5.76 Å². The summed E-state index contributed by atoms with van der Waals surface area (Å²) in [6.45, 7) is 0. The summed E-state index contributed by atoms with van der Waals surface area (Å²) in [6, 6.07) is 12.9. The summed E-state index contributed by atoms with van der Waals surface area (Å²) in [6.07, 6.45) is 1.72. The molecule has 0 aliphatic heterocycles. The molecule has 1 aromatic carbocycles. The van der Waals surface area contributed by atoms with Crippen molar-refractivity contribution >= 4 is 16.8 Å². The number of ketones is 1. The molecule has 3 aromatic rings. The van der Waals surface area contributed by atoms with Gasteiger partial charge in [0, 0.05) is 11.6 Å². The van der Waals surface area contributed by atoms with Gasteiger partial charge in [-0.1, -0.05) is 18.2 Å². The third kappa shape index (κ3) is 1.34. The van der Waals surface area contributed by atoms with E-state index in [1.165, 1.54) is 0 Å². The van der Waals surface area contributed by atoms with Crippen molar-refractivity contribution in [2.75, 3.05) is 0 Å². The number of hydrogen-bond acceptors (Lipinski definition) is 2. The summed E-state index contributed by atoms with van der Waals surface area (Å²) in [7, 11) is 0. The molecule has 2 aromatic heterocycles. The molecular weight excluding hydrogens is 202 g/mol. The van der Waals surface area contributed by atoms with Crippen LogP contribution in [0.1, 0.15) is 16.2 Å². The van der Waals surface area contributed by atoms with Crippen molar-refractivity contribution in [2.45, 2.75) is 0 Å². The summed E-state index contributed by atoms with van der Waals surface area (Å²) >= 11 is 0. The van der Waals surface area contributed by atoms with Gasteiger partial charge in [-0.25, -0.2) is 0 Å². The van der Waals surface area contributed by atoms with Gasteiger partial charge in [0.1, 0.15) is 5.58 Å². The largest absolute Gasteiger partial charge is 0.453 e. The standard InChI is InChI=1S/C13H9NO2/c15-13(10-5-3-7-14-10)12-8-9-4-1-2-6-11(9)16-12/h1-8,14H. The minimum absolute atomic E-state index is 0.124. The van der Waals surface area contributed by atoms with E-state index >= 15 is 0 Å². The molecule has 0 fully saturated rings. The molecule has 78 valence electrons. The molecule has 0 aliphatic rings. The van der Waals surface area contributed by atoms with Crippen molar-refractivity contribution in [2.24, 2.45) is 0 Å². The van der Waals surface area contributed by atoms with Crippen LogP contribution in [0.5, 0.6) is 0 Å². The van der Waals surface area contributed by atoms with Gasteiger partial charge in [-0.05, 0) is 24.3 Å². The number of nitrogens with one attached hydrogen (secondary N) is 1. The fourth-order valence-electron chi connectivity index (χ4n) is 1.70. The maximum atomic E-state index is 12.0. The molecule has 2 heterocycles. The molecule has 0 saturated heterocycles. The lowest BCUT2D eigenvalue weighted by Gasteiger charge is -1.91. The highest BCUT2D eigenvalue weighted by molar-refractivity contribution is 6.07. The van der Waals surface area contributed by atoms with Crippen molar-refractivity contribution in [1.29, 1.82) is 0 Å². The highest BCUT2D eigenvalue weighted by Gasteiger charge is 2.14. The van der Waals surface area contributed by atoms with Crippen LogP contribution < -0.4 is 0 Å². The van der Waals surface area contributed by atoms with Crippen LogP contribution >= 0.6 is 0 Å². The summed E-state index contributed by atoms with van der Waals surface area (Å²) in [5.41, 5.74) is 1.27.